The van der Waals surface area contributed by atoms with Gasteiger partial charge in [0.1, 0.15) is 5.75 Å². The molecule has 1 unspecified atom stereocenters. The molecular weight excluding hydrogens is 347 g/mol. The van der Waals surface area contributed by atoms with E-state index in [9.17, 15) is 13.2 Å². The Morgan fingerprint density at radius 3 is 2.33 bits per heavy atom. The minimum Gasteiger partial charge on any atom is -0.406 e. The maximum absolute atomic E-state index is 12.1. The van der Waals surface area contributed by atoms with Gasteiger partial charge in [-0.15, -0.1) is 13.2 Å². The Morgan fingerprint density at radius 2 is 1.76 bits per heavy atom. The zero-order valence-electron chi connectivity index (χ0n) is 10.9. The van der Waals surface area contributed by atoms with Crippen LogP contribution in [0.3, 0.4) is 0 Å². The molecule has 0 aliphatic rings. The fraction of sp³-hybridized carbons (Fsp3) is 0.200. The van der Waals surface area contributed by atoms with Gasteiger partial charge >= 0.3 is 6.36 Å². The molecule has 6 heteroatoms. The second-order valence-corrected chi connectivity index (χ2v) is 5.47. The molecule has 2 aromatic rings. The van der Waals surface area contributed by atoms with E-state index in [4.69, 9.17) is 5.73 Å². The fourth-order valence-electron chi connectivity index (χ4n) is 1.94. The van der Waals surface area contributed by atoms with Crippen LogP contribution in [0.15, 0.2) is 53.0 Å². The third kappa shape index (κ3) is 5.06. The molecule has 0 heterocycles. The lowest BCUT2D eigenvalue weighted by molar-refractivity contribution is -0.274. The van der Waals surface area contributed by atoms with Crippen LogP contribution in [0.5, 0.6) is 5.75 Å². The fourth-order valence-corrected chi connectivity index (χ4v) is 2.35. The van der Waals surface area contributed by atoms with Gasteiger partial charge in [0.25, 0.3) is 0 Å². The summed E-state index contributed by atoms with van der Waals surface area (Å²) in [6.45, 7) is 0. The van der Waals surface area contributed by atoms with Gasteiger partial charge in [-0.2, -0.15) is 0 Å². The molecule has 0 aliphatic heterocycles. The smallest absolute Gasteiger partial charge is 0.406 e. The largest absolute Gasteiger partial charge is 0.573 e. The first kappa shape index (κ1) is 15.9. The van der Waals surface area contributed by atoms with Gasteiger partial charge in [0.15, 0.2) is 0 Å². The van der Waals surface area contributed by atoms with Crippen LogP contribution in [-0.4, -0.2) is 6.36 Å². The van der Waals surface area contributed by atoms with E-state index in [1.54, 1.807) is 12.1 Å². The average Bonchev–Trinajstić information content (AvgIpc) is 2.39. The number of rotatable bonds is 4. The molecule has 0 radical (unpaired) electrons. The van der Waals surface area contributed by atoms with Crippen LogP contribution < -0.4 is 10.5 Å². The van der Waals surface area contributed by atoms with Gasteiger partial charge in [0.05, 0.1) is 0 Å². The Bertz CT molecular complexity index is 599. The number of nitrogens with two attached hydrogens (primary N) is 1. The average molecular weight is 360 g/mol. The van der Waals surface area contributed by atoms with Crippen molar-refractivity contribution in [2.45, 2.75) is 18.8 Å². The van der Waals surface area contributed by atoms with E-state index < -0.39 is 6.36 Å². The maximum atomic E-state index is 12.1. The molecular formula is C15H13BrF3NO. The molecule has 0 spiro atoms. The Labute approximate surface area is 128 Å². The summed E-state index contributed by atoms with van der Waals surface area (Å²) >= 11 is 3.37. The van der Waals surface area contributed by atoms with Crippen molar-refractivity contribution >= 4 is 15.9 Å². The summed E-state index contributed by atoms with van der Waals surface area (Å²) in [5.74, 6) is -0.234. The summed E-state index contributed by atoms with van der Waals surface area (Å²) in [7, 11) is 0. The van der Waals surface area contributed by atoms with Crippen molar-refractivity contribution in [1.29, 1.82) is 0 Å². The highest BCUT2D eigenvalue weighted by Crippen LogP contribution is 2.24. The maximum Gasteiger partial charge on any atom is 0.573 e. The van der Waals surface area contributed by atoms with Crippen LogP contribution in [0.1, 0.15) is 17.2 Å². The highest BCUT2D eigenvalue weighted by Gasteiger charge is 2.30. The van der Waals surface area contributed by atoms with E-state index in [0.29, 0.717) is 6.42 Å². The molecule has 0 bridgehead atoms. The van der Waals surface area contributed by atoms with Gasteiger partial charge in [-0.05, 0) is 41.8 Å². The summed E-state index contributed by atoms with van der Waals surface area (Å²) in [4.78, 5) is 0. The van der Waals surface area contributed by atoms with Gasteiger partial charge < -0.3 is 10.5 Å². The Hall–Kier alpha value is -1.53. The molecule has 0 amide bonds. The van der Waals surface area contributed by atoms with Gasteiger partial charge in [-0.3, -0.25) is 0 Å². The first-order valence-corrected chi connectivity index (χ1v) is 6.98. The van der Waals surface area contributed by atoms with Gasteiger partial charge in [-0.25, -0.2) is 0 Å². The van der Waals surface area contributed by atoms with Crippen LogP contribution in [0, 0.1) is 0 Å². The number of hydrogen-bond acceptors (Lipinski definition) is 2. The molecule has 0 aliphatic carbocycles. The van der Waals surface area contributed by atoms with Crippen molar-refractivity contribution in [3.8, 4) is 5.75 Å². The molecule has 0 saturated carbocycles. The lowest BCUT2D eigenvalue weighted by Crippen LogP contribution is -2.17. The van der Waals surface area contributed by atoms with E-state index in [0.717, 1.165) is 15.6 Å². The van der Waals surface area contributed by atoms with Gasteiger partial charge in [0, 0.05) is 10.5 Å². The second kappa shape index (κ2) is 6.49. The van der Waals surface area contributed by atoms with Crippen molar-refractivity contribution in [1.82, 2.24) is 0 Å². The topological polar surface area (TPSA) is 35.2 Å². The number of benzene rings is 2. The van der Waals surface area contributed by atoms with Crippen LogP contribution in [0.2, 0.25) is 0 Å². The van der Waals surface area contributed by atoms with E-state index in [2.05, 4.69) is 20.7 Å². The second-order valence-electron chi connectivity index (χ2n) is 4.56. The van der Waals surface area contributed by atoms with Crippen molar-refractivity contribution in [2.24, 2.45) is 5.73 Å². The zero-order valence-corrected chi connectivity index (χ0v) is 12.5. The lowest BCUT2D eigenvalue weighted by atomic mass is 10.00. The molecule has 112 valence electrons. The molecule has 2 rings (SSSR count). The van der Waals surface area contributed by atoms with Crippen molar-refractivity contribution in [3.63, 3.8) is 0 Å². The van der Waals surface area contributed by atoms with Gasteiger partial charge in [-0.1, -0.05) is 40.2 Å². The summed E-state index contributed by atoms with van der Waals surface area (Å²) < 4.78 is 41.0. The standard InChI is InChI=1S/C15H13BrF3NO/c16-12-3-1-2-11(9-12)14(20)8-10-4-6-13(7-5-10)21-15(17,18)19/h1-7,9,14H,8,20H2. The highest BCUT2D eigenvalue weighted by molar-refractivity contribution is 9.10. The first-order valence-electron chi connectivity index (χ1n) is 6.19. The monoisotopic (exact) mass is 359 g/mol. The Balaban J connectivity index is 2.03. The van der Waals surface area contributed by atoms with E-state index in [-0.39, 0.29) is 11.8 Å². The van der Waals surface area contributed by atoms with Crippen LogP contribution in [0.4, 0.5) is 13.2 Å². The molecule has 1 atom stereocenters. The normalized spacial score (nSPS) is 13.0. The molecule has 2 nitrogen and oxygen atoms in total. The van der Waals surface area contributed by atoms with E-state index in [1.165, 1.54) is 12.1 Å². The third-order valence-corrected chi connectivity index (χ3v) is 3.38. The van der Waals surface area contributed by atoms with Crippen molar-refractivity contribution in [3.05, 3.63) is 64.1 Å². The molecule has 2 N–H and O–H groups in total. The SMILES string of the molecule is NC(Cc1ccc(OC(F)(F)F)cc1)c1cccc(Br)c1. The number of alkyl halides is 3. The molecule has 0 saturated heterocycles. The zero-order chi connectivity index (χ0) is 15.5. The minimum absolute atomic E-state index is 0.225. The Morgan fingerprint density at radius 1 is 1.10 bits per heavy atom. The summed E-state index contributed by atoms with van der Waals surface area (Å²) in [6.07, 6.45) is -4.14. The number of ether oxygens (including phenoxy) is 1. The van der Waals surface area contributed by atoms with Crippen LogP contribution >= 0.6 is 15.9 Å². The quantitative estimate of drug-likeness (QED) is 0.866. The third-order valence-electron chi connectivity index (χ3n) is 2.89. The molecule has 2 aromatic carbocycles. The van der Waals surface area contributed by atoms with Gasteiger partial charge in [0.2, 0.25) is 0 Å². The predicted molar refractivity (Wildman–Crippen MR) is 77.9 cm³/mol. The van der Waals surface area contributed by atoms with E-state index >= 15 is 0 Å². The number of halogens is 4. The summed E-state index contributed by atoms with van der Waals surface area (Å²) in [5, 5.41) is 0. The summed E-state index contributed by atoms with van der Waals surface area (Å²) in [5.41, 5.74) is 7.91. The summed E-state index contributed by atoms with van der Waals surface area (Å²) in [6, 6.07) is 13.1. The highest BCUT2D eigenvalue weighted by atomic mass is 79.9. The molecule has 21 heavy (non-hydrogen) atoms. The predicted octanol–water partition coefficient (Wildman–Crippen LogP) is 4.59. The molecule has 0 fully saturated rings. The van der Waals surface area contributed by atoms with E-state index in [1.807, 2.05) is 24.3 Å². The van der Waals surface area contributed by atoms with Crippen molar-refractivity contribution < 1.29 is 17.9 Å². The minimum atomic E-state index is -4.67. The van der Waals surface area contributed by atoms with Crippen LogP contribution in [0.25, 0.3) is 0 Å². The first-order chi connectivity index (χ1) is 9.83. The Kier molecular flexibility index (Phi) is 4.90. The number of hydrogen-bond donors (Lipinski definition) is 1. The van der Waals surface area contributed by atoms with Crippen LogP contribution in [-0.2, 0) is 6.42 Å². The lowest BCUT2D eigenvalue weighted by Gasteiger charge is -2.13. The van der Waals surface area contributed by atoms with Crippen molar-refractivity contribution in [2.75, 3.05) is 0 Å². The molecule has 0 aromatic heterocycles.